The van der Waals surface area contributed by atoms with Crippen LogP contribution in [-0.2, 0) is 0 Å². The molecule has 4 nitrogen and oxygen atoms in total. The second-order valence-corrected chi connectivity index (χ2v) is 4.75. The molecular formula is C13H11N3OS. The van der Waals surface area contributed by atoms with Crippen LogP contribution in [0.4, 0.5) is 11.4 Å². The van der Waals surface area contributed by atoms with Crippen molar-refractivity contribution in [2.24, 2.45) is 0 Å². The number of H-pyrrole nitrogens is 1. The first kappa shape index (κ1) is 10.9. The van der Waals surface area contributed by atoms with Gasteiger partial charge in [-0.3, -0.25) is 4.79 Å². The second kappa shape index (κ2) is 4.19. The summed E-state index contributed by atoms with van der Waals surface area (Å²) in [5.41, 5.74) is 8.70. The van der Waals surface area contributed by atoms with Crippen LogP contribution in [0.1, 0.15) is 10.4 Å². The van der Waals surface area contributed by atoms with Crippen LogP contribution in [0.25, 0.3) is 10.9 Å². The Morgan fingerprint density at radius 3 is 3.00 bits per heavy atom. The topological polar surface area (TPSA) is 70.9 Å². The highest BCUT2D eigenvalue weighted by Gasteiger charge is 2.12. The van der Waals surface area contributed by atoms with Crippen molar-refractivity contribution in [3.63, 3.8) is 0 Å². The fourth-order valence-electron chi connectivity index (χ4n) is 1.86. The van der Waals surface area contributed by atoms with Crippen LogP contribution in [0.2, 0.25) is 0 Å². The number of carbonyl (C=O) groups is 1. The van der Waals surface area contributed by atoms with Gasteiger partial charge in [0, 0.05) is 28.2 Å². The second-order valence-electron chi connectivity index (χ2n) is 3.97. The maximum atomic E-state index is 12.1. The van der Waals surface area contributed by atoms with Gasteiger partial charge < -0.3 is 16.0 Å². The number of hydrogen-bond acceptors (Lipinski definition) is 3. The molecule has 3 rings (SSSR count). The zero-order chi connectivity index (χ0) is 12.5. The highest BCUT2D eigenvalue weighted by Crippen LogP contribution is 2.22. The lowest BCUT2D eigenvalue weighted by molar-refractivity contribution is 0.102. The average Bonchev–Trinajstić information content (AvgIpc) is 2.97. The lowest BCUT2D eigenvalue weighted by Crippen LogP contribution is -2.10. The Labute approximate surface area is 107 Å². The lowest BCUT2D eigenvalue weighted by atomic mass is 10.1. The number of thiophene rings is 1. The molecular weight excluding hydrogens is 246 g/mol. The molecule has 4 N–H and O–H groups in total. The molecule has 1 amide bonds. The molecule has 0 fully saturated rings. The first-order valence-electron chi connectivity index (χ1n) is 5.44. The molecule has 2 aromatic heterocycles. The Bertz CT molecular complexity index is 700. The molecule has 3 aromatic rings. The summed E-state index contributed by atoms with van der Waals surface area (Å²) in [7, 11) is 0. The molecule has 0 saturated heterocycles. The number of nitrogens with one attached hydrogen (secondary N) is 2. The molecule has 0 spiro atoms. The van der Waals surface area contributed by atoms with E-state index in [1.807, 2.05) is 22.9 Å². The van der Waals surface area contributed by atoms with E-state index in [9.17, 15) is 4.79 Å². The van der Waals surface area contributed by atoms with Gasteiger partial charge in [-0.25, -0.2) is 0 Å². The number of aromatic nitrogens is 1. The number of carbonyl (C=O) groups excluding carboxylic acids is 1. The van der Waals surface area contributed by atoms with E-state index in [1.165, 1.54) is 0 Å². The minimum absolute atomic E-state index is 0.134. The minimum atomic E-state index is -0.134. The van der Waals surface area contributed by atoms with E-state index in [1.54, 1.807) is 29.7 Å². The Morgan fingerprint density at radius 2 is 2.22 bits per heavy atom. The summed E-state index contributed by atoms with van der Waals surface area (Å²) in [6.07, 6.45) is 1.70. The van der Waals surface area contributed by atoms with Crippen LogP contribution in [0.5, 0.6) is 0 Å². The van der Waals surface area contributed by atoms with Gasteiger partial charge in [-0.15, -0.1) is 0 Å². The molecule has 90 valence electrons. The summed E-state index contributed by atoms with van der Waals surface area (Å²) in [6.45, 7) is 0. The van der Waals surface area contributed by atoms with Crippen molar-refractivity contribution in [2.75, 3.05) is 11.1 Å². The van der Waals surface area contributed by atoms with E-state index >= 15 is 0 Å². The van der Waals surface area contributed by atoms with Gasteiger partial charge in [0.2, 0.25) is 0 Å². The molecule has 0 bridgehead atoms. The zero-order valence-corrected chi connectivity index (χ0v) is 10.3. The third-order valence-electron chi connectivity index (χ3n) is 2.73. The molecule has 0 unspecified atom stereocenters. The van der Waals surface area contributed by atoms with Gasteiger partial charge in [-0.2, -0.15) is 11.3 Å². The number of aromatic amines is 1. The van der Waals surface area contributed by atoms with E-state index in [2.05, 4.69) is 10.3 Å². The predicted molar refractivity (Wildman–Crippen MR) is 75.0 cm³/mol. The molecule has 5 heteroatoms. The SMILES string of the molecule is Nc1ccc2[nH]cc(C(=O)Nc3ccsc3)c2c1. The molecule has 0 saturated carbocycles. The van der Waals surface area contributed by atoms with Gasteiger partial charge in [0.05, 0.1) is 11.3 Å². The van der Waals surface area contributed by atoms with Crippen molar-refractivity contribution in [2.45, 2.75) is 0 Å². The van der Waals surface area contributed by atoms with E-state index in [0.717, 1.165) is 16.6 Å². The molecule has 2 heterocycles. The summed E-state index contributed by atoms with van der Waals surface area (Å²) < 4.78 is 0. The van der Waals surface area contributed by atoms with Crippen LogP contribution in [-0.4, -0.2) is 10.9 Å². The first-order valence-corrected chi connectivity index (χ1v) is 6.38. The Morgan fingerprint density at radius 1 is 1.33 bits per heavy atom. The van der Waals surface area contributed by atoms with Crippen LogP contribution in [0.3, 0.4) is 0 Å². The first-order chi connectivity index (χ1) is 8.74. The molecule has 0 aliphatic rings. The number of amides is 1. The normalized spacial score (nSPS) is 10.7. The molecule has 0 aliphatic carbocycles. The smallest absolute Gasteiger partial charge is 0.257 e. The van der Waals surface area contributed by atoms with Crippen LogP contribution >= 0.6 is 11.3 Å². The van der Waals surface area contributed by atoms with Crippen LogP contribution in [0.15, 0.2) is 41.2 Å². The largest absolute Gasteiger partial charge is 0.399 e. The highest BCUT2D eigenvalue weighted by molar-refractivity contribution is 7.08. The van der Waals surface area contributed by atoms with E-state index < -0.39 is 0 Å². The van der Waals surface area contributed by atoms with Gasteiger partial charge in [-0.1, -0.05) is 0 Å². The molecule has 0 aliphatic heterocycles. The van der Waals surface area contributed by atoms with Gasteiger partial charge in [0.1, 0.15) is 0 Å². The molecule has 0 radical (unpaired) electrons. The van der Waals surface area contributed by atoms with Crippen LogP contribution in [0, 0.1) is 0 Å². The average molecular weight is 257 g/mol. The number of fused-ring (bicyclic) bond motifs is 1. The summed E-state index contributed by atoms with van der Waals surface area (Å²) in [6, 6.07) is 7.34. The number of nitrogen functional groups attached to an aromatic ring is 1. The quantitative estimate of drug-likeness (QED) is 0.617. The fraction of sp³-hybridized carbons (Fsp3) is 0. The van der Waals surface area contributed by atoms with Gasteiger partial charge in [0.25, 0.3) is 5.91 Å². The number of rotatable bonds is 2. The number of nitrogens with two attached hydrogens (primary N) is 1. The molecule has 18 heavy (non-hydrogen) atoms. The van der Waals surface area contributed by atoms with Gasteiger partial charge in [0.15, 0.2) is 0 Å². The van der Waals surface area contributed by atoms with Crippen molar-refractivity contribution in [1.82, 2.24) is 4.98 Å². The zero-order valence-electron chi connectivity index (χ0n) is 9.44. The summed E-state index contributed by atoms with van der Waals surface area (Å²) in [5.74, 6) is -0.134. The minimum Gasteiger partial charge on any atom is -0.399 e. The van der Waals surface area contributed by atoms with Crippen LogP contribution < -0.4 is 11.1 Å². The lowest BCUT2D eigenvalue weighted by Gasteiger charge is -2.01. The standard InChI is InChI=1S/C13H11N3OS/c14-8-1-2-12-10(5-8)11(6-15-12)13(17)16-9-3-4-18-7-9/h1-7,15H,14H2,(H,16,17). The van der Waals surface area contributed by atoms with Crippen molar-refractivity contribution in [3.8, 4) is 0 Å². The Kier molecular flexibility index (Phi) is 2.53. The maximum Gasteiger partial charge on any atom is 0.257 e. The monoisotopic (exact) mass is 257 g/mol. The van der Waals surface area contributed by atoms with Gasteiger partial charge in [-0.05, 0) is 29.6 Å². The Balaban J connectivity index is 1.98. The number of anilines is 2. The van der Waals surface area contributed by atoms with Crippen molar-refractivity contribution in [3.05, 3.63) is 46.8 Å². The summed E-state index contributed by atoms with van der Waals surface area (Å²) in [5, 5.41) is 7.49. The number of benzene rings is 1. The van der Waals surface area contributed by atoms with Gasteiger partial charge >= 0.3 is 0 Å². The van der Waals surface area contributed by atoms with E-state index in [4.69, 9.17) is 5.73 Å². The summed E-state index contributed by atoms with van der Waals surface area (Å²) in [4.78, 5) is 15.2. The molecule has 0 atom stereocenters. The number of hydrogen-bond donors (Lipinski definition) is 3. The van der Waals surface area contributed by atoms with Crippen molar-refractivity contribution in [1.29, 1.82) is 0 Å². The Hall–Kier alpha value is -2.27. The van der Waals surface area contributed by atoms with E-state index in [0.29, 0.717) is 11.3 Å². The highest BCUT2D eigenvalue weighted by atomic mass is 32.1. The van der Waals surface area contributed by atoms with Crippen molar-refractivity contribution < 1.29 is 4.79 Å². The van der Waals surface area contributed by atoms with Crippen molar-refractivity contribution >= 4 is 39.5 Å². The molecule has 1 aromatic carbocycles. The third-order valence-corrected chi connectivity index (χ3v) is 3.41. The summed E-state index contributed by atoms with van der Waals surface area (Å²) >= 11 is 1.54. The maximum absolute atomic E-state index is 12.1. The predicted octanol–water partition coefficient (Wildman–Crippen LogP) is 3.06. The fourth-order valence-corrected chi connectivity index (χ4v) is 2.45. The third kappa shape index (κ3) is 1.84. The van der Waals surface area contributed by atoms with E-state index in [-0.39, 0.29) is 5.91 Å².